The zero-order valence-corrected chi connectivity index (χ0v) is 12.4. The molecule has 0 aliphatic carbocycles. The van der Waals surface area contributed by atoms with Gasteiger partial charge < -0.3 is 15.4 Å². The molecule has 5 nitrogen and oxygen atoms in total. The van der Waals surface area contributed by atoms with Crippen LogP contribution in [0.2, 0.25) is 0 Å². The van der Waals surface area contributed by atoms with Gasteiger partial charge in [0.1, 0.15) is 6.54 Å². The fourth-order valence-electron chi connectivity index (χ4n) is 1.59. The van der Waals surface area contributed by atoms with Gasteiger partial charge in [-0.25, -0.2) is 4.79 Å². The first kappa shape index (κ1) is 16.0. The summed E-state index contributed by atoms with van der Waals surface area (Å²) < 4.78 is 4.67. The topological polar surface area (TPSA) is 67.4 Å². The maximum atomic E-state index is 11.6. The summed E-state index contributed by atoms with van der Waals surface area (Å²) >= 11 is 0. The molecule has 0 saturated heterocycles. The second-order valence-corrected chi connectivity index (χ2v) is 5.45. The fraction of sp³-hybridized carbons (Fsp3) is 0.467. The molecule has 0 aliphatic heterocycles. The average molecular weight is 278 g/mol. The van der Waals surface area contributed by atoms with E-state index in [1.807, 2.05) is 24.3 Å². The van der Waals surface area contributed by atoms with Crippen molar-refractivity contribution in [3.05, 3.63) is 29.8 Å². The number of hydrogen-bond acceptors (Lipinski definition) is 3. The van der Waals surface area contributed by atoms with Gasteiger partial charge >= 0.3 is 6.09 Å². The van der Waals surface area contributed by atoms with Crippen LogP contribution in [0, 0.1) is 0 Å². The molecule has 0 aromatic heterocycles. The molecule has 0 fully saturated rings. The Morgan fingerprint density at radius 1 is 1.15 bits per heavy atom. The van der Waals surface area contributed by atoms with Crippen LogP contribution in [0.1, 0.15) is 33.3 Å². The molecule has 1 rings (SSSR count). The molecule has 1 aromatic carbocycles. The highest BCUT2D eigenvalue weighted by molar-refractivity contribution is 5.93. The molecule has 0 unspecified atom stereocenters. The minimum atomic E-state index is -0.592. The Morgan fingerprint density at radius 3 is 2.25 bits per heavy atom. The van der Waals surface area contributed by atoms with Gasteiger partial charge in [-0.05, 0) is 30.0 Å². The number of anilines is 1. The highest BCUT2D eigenvalue weighted by Crippen LogP contribution is 2.23. The predicted molar refractivity (Wildman–Crippen MR) is 78.8 cm³/mol. The molecule has 0 heterocycles. The molecule has 2 N–H and O–H groups in total. The van der Waals surface area contributed by atoms with Gasteiger partial charge in [0, 0.05) is 5.69 Å². The summed E-state index contributed by atoms with van der Waals surface area (Å²) in [6, 6.07) is 7.66. The SMILES string of the molecule is CCOC(=O)NCC(=O)Nc1ccc(C(C)(C)C)cc1. The first-order chi connectivity index (χ1) is 9.32. The van der Waals surface area contributed by atoms with Crippen molar-refractivity contribution in [2.24, 2.45) is 0 Å². The molecule has 0 radical (unpaired) electrons. The Labute approximate surface area is 119 Å². The van der Waals surface area contributed by atoms with Crippen LogP contribution in [-0.4, -0.2) is 25.2 Å². The Morgan fingerprint density at radius 2 is 1.75 bits per heavy atom. The van der Waals surface area contributed by atoms with Gasteiger partial charge in [-0.15, -0.1) is 0 Å². The fourth-order valence-corrected chi connectivity index (χ4v) is 1.59. The van der Waals surface area contributed by atoms with Crippen LogP contribution < -0.4 is 10.6 Å². The molecule has 1 aromatic rings. The third-order valence-electron chi connectivity index (χ3n) is 2.70. The third kappa shape index (κ3) is 5.30. The average Bonchev–Trinajstić information content (AvgIpc) is 2.36. The van der Waals surface area contributed by atoms with E-state index in [0.29, 0.717) is 5.69 Å². The summed E-state index contributed by atoms with van der Waals surface area (Å²) in [6.45, 7) is 8.26. The maximum Gasteiger partial charge on any atom is 0.407 e. The van der Waals surface area contributed by atoms with Gasteiger partial charge in [0.25, 0.3) is 0 Å². The Kier molecular flexibility index (Phi) is 5.55. The Balaban J connectivity index is 2.48. The second-order valence-electron chi connectivity index (χ2n) is 5.45. The van der Waals surface area contributed by atoms with E-state index in [-0.39, 0.29) is 24.5 Å². The van der Waals surface area contributed by atoms with Crippen LogP contribution >= 0.6 is 0 Å². The van der Waals surface area contributed by atoms with Gasteiger partial charge in [-0.2, -0.15) is 0 Å². The van der Waals surface area contributed by atoms with Crippen LogP contribution in [0.25, 0.3) is 0 Å². The molecular formula is C15H22N2O3. The molecular weight excluding hydrogens is 256 g/mol. The van der Waals surface area contributed by atoms with Crippen molar-refractivity contribution in [1.82, 2.24) is 5.32 Å². The highest BCUT2D eigenvalue weighted by Gasteiger charge is 2.13. The molecule has 0 aliphatic rings. The predicted octanol–water partition coefficient (Wildman–Crippen LogP) is 2.67. The summed E-state index contributed by atoms with van der Waals surface area (Å²) in [5.74, 6) is -0.290. The highest BCUT2D eigenvalue weighted by atomic mass is 16.5. The summed E-state index contributed by atoms with van der Waals surface area (Å²) in [7, 11) is 0. The Bertz CT molecular complexity index is 461. The molecule has 0 spiro atoms. The van der Waals surface area contributed by atoms with E-state index in [1.54, 1.807) is 6.92 Å². The van der Waals surface area contributed by atoms with E-state index in [0.717, 1.165) is 0 Å². The monoisotopic (exact) mass is 278 g/mol. The van der Waals surface area contributed by atoms with E-state index in [1.165, 1.54) is 5.56 Å². The molecule has 5 heteroatoms. The van der Waals surface area contributed by atoms with Crippen LogP contribution in [0.5, 0.6) is 0 Å². The summed E-state index contributed by atoms with van der Waals surface area (Å²) in [5.41, 5.74) is 1.97. The van der Waals surface area contributed by atoms with Crippen LogP contribution in [-0.2, 0) is 14.9 Å². The lowest BCUT2D eigenvalue weighted by atomic mass is 9.87. The first-order valence-electron chi connectivity index (χ1n) is 6.64. The van der Waals surface area contributed by atoms with E-state index >= 15 is 0 Å². The molecule has 0 atom stereocenters. The molecule has 20 heavy (non-hydrogen) atoms. The lowest BCUT2D eigenvalue weighted by Gasteiger charge is -2.19. The normalized spacial score (nSPS) is 10.8. The number of amides is 2. The minimum absolute atomic E-state index is 0.0774. The number of rotatable bonds is 4. The van der Waals surface area contributed by atoms with Crippen molar-refractivity contribution in [3.8, 4) is 0 Å². The minimum Gasteiger partial charge on any atom is -0.450 e. The summed E-state index contributed by atoms with van der Waals surface area (Å²) in [6.07, 6.45) is -0.592. The lowest BCUT2D eigenvalue weighted by Crippen LogP contribution is -2.33. The van der Waals surface area contributed by atoms with Crippen LogP contribution in [0.3, 0.4) is 0 Å². The number of carbonyl (C=O) groups is 2. The smallest absolute Gasteiger partial charge is 0.407 e. The van der Waals surface area contributed by atoms with E-state index in [9.17, 15) is 9.59 Å². The van der Waals surface area contributed by atoms with E-state index in [2.05, 4.69) is 36.1 Å². The van der Waals surface area contributed by atoms with E-state index in [4.69, 9.17) is 0 Å². The van der Waals surface area contributed by atoms with Crippen molar-refractivity contribution in [2.45, 2.75) is 33.1 Å². The van der Waals surface area contributed by atoms with Gasteiger partial charge in [0.05, 0.1) is 6.61 Å². The number of alkyl carbamates (subject to hydrolysis) is 1. The van der Waals surface area contributed by atoms with Crippen molar-refractivity contribution in [3.63, 3.8) is 0 Å². The van der Waals surface area contributed by atoms with Crippen molar-refractivity contribution in [2.75, 3.05) is 18.5 Å². The number of carbonyl (C=O) groups excluding carboxylic acids is 2. The van der Waals surface area contributed by atoms with Crippen LogP contribution in [0.4, 0.5) is 10.5 Å². The lowest BCUT2D eigenvalue weighted by molar-refractivity contribution is -0.115. The third-order valence-corrected chi connectivity index (χ3v) is 2.70. The molecule has 0 bridgehead atoms. The number of benzene rings is 1. The molecule has 2 amide bonds. The van der Waals surface area contributed by atoms with Crippen LogP contribution in [0.15, 0.2) is 24.3 Å². The van der Waals surface area contributed by atoms with Crippen molar-refractivity contribution >= 4 is 17.7 Å². The summed E-state index contributed by atoms with van der Waals surface area (Å²) in [4.78, 5) is 22.7. The summed E-state index contributed by atoms with van der Waals surface area (Å²) in [5, 5.41) is 5.07. The van der Waals surface area contributed by atoms with Gasteiger partial charge in [-0.1, -0.05) is 32.9 Å². The quantitative estimate of drug-likeness (QED) is 0.889. The first-order valence-corrected chi connectivity index (χ1v) is 6.64. The van der Waals surface area contributed by atoms with Gasteiger partial charge in [0.15, 0.2) is 0 Å². The largest absolute Gasteiger partial charge is 0.450 e. The van der Waals surface area contributed by atoms with Crippen molar-refractivity contribution in [1.29, 1.82) is 0 Å². The Hall–Kier alpha value is -2.04. The van der Waals surface area contributed by atoms with Gasteiger partial charge in [-0.3, -0.25) is 4.79 Å². The second kappa shape index (κ2) is 6.93. The standard InChI is InChI=1S/C15H22N2O3/c1-5-20-14(19)16-10-13(18)17-12-8-6-11(7-9-12)15(2,3)4/h6-9H,5,10H2,1-4H3,(H,16,19)(H,17,18). The number of ether oxygens (including phenoxy) is 1. The zero-order valence-electron chi connectivity index (χ0n) is 12.4. The van der Waals surface area contributed by atoms with E-state index < -0.39 is 6.09 Å². The number of hydrogen-bond donors (Lipinski definition) is 2. The number of nitrogens with one attached hydrogen (secondary N) is 2. The maximum absolute atomic E-state index is 11.6. The molecule has 110 valence electrons. The van der Waals surface area contributed by atoms with Gasteiger partial charge in [0.2, 0.25) is 5.91 Å². The van der Waals surface area contributed by atoms with Crippen molar-refractivity contribution < 1.29 is 14.3 Å². The molecule has 0 saturated carbocycles. The zero-order chi connectivity index (χ0) is 15.2.